The molecular formula is C27H30N4O3. The van der Waals surface area contributed by atoms with Crippen molar-refractivity contribution in [3.05, 3.63) is 84.4 Å². The molecule has 1 fully saturated rings. The Balaban J connectivity index is 1.76. The van der Waals surface area contributed by atoms with Gasteiger partial charge in [0.1, 0.15) is 17.5 Å². The van der Waals surface area contributed by atoms with Crippen molar-refractivity contribution in [3.63, 3.8) is 0 Å². The maximum absolute atomic E-state index is 13.8. The number of carbonyl (C=O) groups excluding carboxylic acids is 2. The van der Waals surface area contributed by atoms with E-state index < -0.39 is 11.9 Å². The second kappa shape index (κ2) is 11.4. The van der Waals surface area contributed by atoms with Crippen molar-refractivity contribution in [2.75, 3.05) is 11.5 Å². The van der Waals surface area contributed by atoms with Crippen LogP contribution in [0.15, 0.2) is 73.2 Å². The molecule has 3 aromatic rings. The summed E-state index contributed by atoms with van der Waals surface area (Å²) in [6.07, 6.45) is 9.70. The Morgan fingerprint density at radius 1 is 1.03 bits per heavy atom. The topological polar surface area (TPSA) is 84.4 Å². The van der Waals surface area contributed by atoms with Crippen LogP contribution >= 0.6 is 0 Å². The minimum Gasteiger partial charge on any atom is -0.494 e. The molecule has 0 radical (unpaired) electrons. The number of nitrogens with zero attached hydrogens (tertiary/aromatic N) is 3. The molecule has 34 heavy (non-hydrogen) atoms. The summed E-state index contributed by atoms with van der Waals surface area (Å²) in [4.78, 5) is 37.3. The fraction of sp³-hybridized carbons (Fsp3) is 0.333. The first kappa shape index (κ1) is 23.4. The van der Waals surface area contributed by atoms with Crippen molar-refractivity contribution < 1.29 is 14.3 Å². The van der Waals surface area contributed by atoms with Crippen LogP contribution in [0.3, 0.4) is 0 Å². The minimum atomic E-state index is -0.880. The zero-order valence-corrected chi connectivity index (χ0v) is 19.4. The molecule has 4 rings (SSSR count). The SMILES string of the molecule is CCOc1ccc([C@@H](C(=O)NC2CCCCC2)N(C(=O)c2cnccn2)c2ccccc2)cc1. The minimum absolute atomic E-state index is 0.107. The van der Waals surface area contributed by atoms with Crippen molar-refractivity contribution in [1.29, 1.82) is 0 Å². The van der Waals surface area contributed by atoms with Crippen LogP contribution in [0.25, 0.3) is 0 Å². The molecule has 1 atom stereocenters. The van der Waals surface area contributed by atoms with Gasteiger partial charge in [0.2, 0.25) is 5.91 Å². The number of para-hydroxylation sites is 1. The van der Waals surface area contributed by atoms with E-state index in [1.807, 2.05) is 61.5 Å². The normalized spacial score (nSPS) is 14.7. The highest BCUT2D eigenvalue weighted by molar-refractivity contribution is 6.09. The number of aromatic nitrogens is 2. The average molecular weight is 459 g/mol. The summed E-state index contributed by atoms with van der Waals surface area (Å²) < 4.78 is 5.59. The Morgan fingerprint density at radius 2 is 1.76 bits per heavy atom. The van der Waals surface area contributed by atoms with E-state index in [0.717, 1.165) is 25.7 Å². The molecular weight excluding hydrogens is 428 g/mol. The number of rotatable bonds is 8. The van der Waals surface area contributed by atoms with Gasteiger partial charge in [-0.2, -0.15) is 0 Å². The van der Waals surface area contributed by atoms with Crippen LogP contribution in [-0.2, 0) is 4.79 Å². The highest BCUT2D eigenvalue weighted by Gasteiger charge is 2.35. The van der Waals surface area contributed by atoms with Gasteiger partial charge in [0.25, 0.3) is 5.91 Å². The van der Waals surface area contributed by atoms with E-state index in [4.69, 9.17) is 4.74 Å². The molecule has 1 aliphatic rings. The standard InChI is InChI=1S/C27H30N4O3/c1-2-34-23-15-13-20(14-16-23)25(26(32)30-21-9-5-3-6-10-21)31(22-11-7-4-8-12-22)27(33)24-19-28-17-18-29-24/h4,7-8,11-19,21,25H,2-3,5-6,9-10H2,1H3,(H,30,32)/t25-/m0/s1. The van der Waals surface area contributed by atoms with Gasteiger partial charge >= 0.3 is 0 Å². The molecule has 1 heterocycles. The highest BCUT2D eigenvalue weighted by Crippen LogP contribution is 2.31. The summed E-state index contributed by atoms with van der Waals surface area (Å²) >= 11 is 0. The lowest BCUT2D eigenvalue weighted by Gasteiger charge is -2.33. The van der Waals surface area contributed by atoms with Crippen LogP contribution in [0, 0.1) is 0 Å². The smallest absolute Gasteiger partial charge is 0.279 e. The highest BCUT2D eigenvalue weighted by atomic mass is 16.5. The number of hydrogen-bond acceptors (Lipinski definition) is 5. The Morgan fingerprint density at radius 3 is 2.41 bits per heavy atom. The summed E-state index contributed by atoms with van der Waals surface area (Å²) in [5.41, 5.74) is 1.47. The number of nitrogens with one attached hydrogen (secondary N) is 1. The lowest BCUT2D eigenvalue weighted by Crippen LogP contribution is -2.47. The maximum atomic E-state index is 13.8. The predicted molar refractivity (Wildman–Crippen MR) is 131 cm³/mol. The Labute approximate surface area is 200 Å². The van der Waals surface area contributed by atoms with Crippen molar-refractivity contribution in [1.82, 2.24) is 15.3 Å². The summed E-state index contributed by atoms with van der Waals surface area (Å²) in [5, 5.41) is 3.21. The predicted octanol–water partition coefficient (Wildman–Crippen LogP) is 4.71. The number of anilines is 1. The van der Waals surface area contributed by atoms with Gasteiger partial charge in [-0.25, -0.2) is 4.98 Å². The second-order valence-corrected chi connectivity index (χ2v) is 8.35. The lowest BCUT2D eigenvalue weighted by atomic mass is 9.94. The zero-order chi connectivity index (χ0) is 23.8. The van der Waals surface area contributed by atoms with Gasteiger partial charge in [0, 0.05) is 24.1 Å². The largest absolute Gasteiger partial charge is 0.494 e. The first-order valence-electron chi connectivity index (χ1n) is 11.8. The summed E-state index contributed by atoms with van der Waals surface area (Å²) in [6.45, 7) is 2.47. The van der Waals surface area contributed by atoms with Crippen molar-refractivity contribution in [2.45, 2.75) is 51.1 Å². The van der Waals surface area contributed by atoms with Crippen LogP contribution in [-0.4, -0.2) is 34.4 Å². The molecule has 0 saturated heterocycles. The molecule has 0 spiro atoms. The van der Waals surface area contributed by atoms with E-state index in [1.54, 1.807) is 0 Å². The lowest BCUT2D eigenvalue weighted by molar-refractivity contribution is -0.123. The van der Waals surface area contributed by atoms with E-state index in [1.165, 1.54) is 29.9 Å². The third-order valence-electron chi connectivity index (χ3n) is 6.00. The third kappa shape index (κ3) is 5.60. The molecule has 1 saturated carbocycles. The molecule has 0 bridgehead atoms. The molecule has 2 amide bonds. The Bertz CT molecular complexity index is 1070. The number of amides is 2. The van der Waals surface area contributed by atoms with Crippen LogP contribution in [0.4, 0.5) is 5.69 Å². The quantitative estimate of drug-likeness (QED) is 0.528. The number of hydrogen-bond donors (Lipinski definition) is 1. The molecule has 0 unspecified atom stereocenters. The van der Waals surface area contributed by atoms with Gasteiger partial charge in [0.05, 0.1) is 12.8 Å². The first-order valence-corrected chi connectivity index (χ1v) is 11.8. The molecule has 1 aromatic heterocycles. The summed E-state index contributed by atoms with van der Waals surface area (Å²) in [7, 11) is 0. The van der Waals surface area contributed by atoms with Gasteiger partial charge in [-0.05, 0) is 49.6 Å². The first-order chi connectivity index (χ1) is 16.7. The number of carbonyl (C=O) groups is 2. The van der Waals surface area contributed by atoms with Gasteiger partial charge in [0.15, 0.2) is 0 Å². The van der Waals surface area contributed by atoms with E-state index >= 15 is 0 Å². The van der Waals surface area contributed by atoms with Crippen LogP contribution < -0.4 is 15.0 Å². The molecule has 2 aromatic carbocycles. The Kier molecular flexibility index (Phi) is 7.86. The van der Waals surface area contributed by atoms with Crippen LogP contribution in [0.1, 0.15) is 61.1 Å². The van der Waals surface area contributed by atoms with Crippen molar-refractivity contribution in [3.8, 4) is 5.75 Å². The molecule has 1 N–H and O–H groups in total. The summed E-state index contributed by atoms with van der Waals surface area (Å²) in [5.74, 6) is 0.110. The monoisotopic (exact) mass is 458 g/mol. The molecule has 7 heteroatoms. The van der Waals surface area contributed by atoms with Crippen LogP contribution in [0.2, 0.25) is 0 Å². The molecule has 7 nitrogen and oxygen atoms in total. The fourth-order valence-corrected chi connectivity index (χ4v) is 4.36. The third-order valence-corrected chi connectivity index (χ3v) is 6.00. The average Bonchev–Trinajstić information content (AvgIpc) is 2.89. The van der Waals surface area contributed by atoms with Gasteiger partial charge < -0.3 is 10.1 Å². The van der Waals surface area contributed by atoms with E-state index in [-0.39, 0.29) is 17.6 Å². The van der Waals surface area contributed by atoms with Crippen LogP contribution in [0.5, 0.6) is 5.75 Å². The van der Waals surface area contributed by atoms with E-state index in [2.05, 4.69) is 15.3 Å². The van der Waals surface area contributed by atoms with Crippen molar-refractivity contribution in [2.24, 2.45) is 0 Å². The fourth-order valence-electron chi connectivity index (χ4n) is 4.36. The molecule has 1 aliphatic carbocycles. The van der Waals surface area contributed by atoms with Crippen molar-refractivity contribution >= 4 is 17.5 Å². The van der Waals surface area contributed by atoms with Gasteiger partial charge in [-0.15, -0.1) is 0 Å². The zero-order valence-electron chi connectivity index (χ0n) is 19.4. The maximum Gasteiger partial charge on any atom is 0.279 e. The number of benzene rings is 2. The summed E-state index contributed by atoms with van der Waals surface area (Å²) in [6, 6.07) is 15.8. The van der Waals surface area contributed by atoms with Gasteiger partial charge in [-0.1, -0.05) is 49.6 Å². The number of ether oxygens (including phenoxy) is 1. The van der Waals surface area contributed by atoms with Gasteiger partial charge in [-0.3, -0.25) is 19.5 Å². The van der Waals surface area contributed by atoms with E-state index in [0.29, 0.717) is 23.6 Å². The Hall–Kier alpha value is -3.74. The molecule has 176 valence electrons. The molecule has 0 aliphatic heterocycles. The second-order valence-electron chi connectivity index (χ2n) is 8.35. The van der Waals surface area contributed by atoms with E-state index in [9.17, 15) is 9.59 Å².